The SMILES string of the molecule is Cc1cnc(C(=O)OCC(=O)Nc2cc(C)c(C)cc2[N+](=O)[O-])cn1. The molecule has 2 aromatic rings. The van der Waals surface area contributed by atoms with Gasteiger partial charge >= 0.3 is 5.97 Å². The fourth-order valence-electron chi connectivity index (χ4n) is 1.94. The maximum absolute atomic E-state index is 11.9. The summed E-state index contributed by atoms with van der Waals surface area (Å²) >= 11 is 0. The number of carbonyl (C=O) groups excluding carboxylic acids is 2. The van der Waals surface area contributed by atoms with Gasteiger partial charge in [0.15, 0.2) is 12.3 Å². The number of esters is 1. The smallest absolute Gasteiger partial charge is 0.359 e. The highest BCUT2D eigenvalue weighted by atomic mass is 16.6. The van der Waals surface area contributed by atoms with Gasteiger partial charge in [0.1, 0.15) is 5.69 Å². The zero-order valence-corrected chi connectivity index (χ0v) is 13.9. The molecule has 0 spiro atoms. The second-order valence-electron chi connectivity index (χ2n) is 5.38. The van der Waals surface area contributed by atoms with Crippen molar-refractivity contribution in [3.05, 3.63) is 57.2 Å². The minimum absolute atomic E-state index is 0.0319. The van der Waals surface area contributed by atoms with E-state index in [-0.39, 0.29) is 17.1 Å². The summed E-state index contributed by atoms with van der Waals surface area (Å²) in [5.74, 6) is -1.50. The minimum atomic E-state index is -0.808. The Morgan fingerprint density at radius 3 is 2.44 bits per heavy atom. The number of anilines is 1. The maximum Gasteiger partial charge on any atom is 0.359 e. The summed E-state index contributed by atoms with van der Waals surface area (Å²) in [5, 5.41) is 13.5. The molecule has 1 N–H and O–H groups in total. The Labute approximate surface area is 143 Å². The van der Waals surface area contributed by atoms with E-state index in [4.69, 9.17) is 4.74 Å². The Kier molecular flexibility index (Phi) is 5.38. The van der Waals surface area contributed by atoms with E-state index in [2.05, 4.69) is 15.3 Å². The molecule has 0 aliphatic carbocycles. The number of carbonyl (C=O) groups is 2. The number of aromatic nitrogens is 2. The first-order valence-electron chi connectivity index (χ1n) is 7.29. The first-order chi connectivity index (χ1) is 11.8. The number of nitro benzene ring substituents is 1. The molecule has 0 bridgehead atoms. The number of nitrogens with one attached hydrogen (secondary N) is 1. The first-order valence-corrected chi connectivity index (χ1v) is 7.29. The molecule has 0 aliphatic heterocycles. The molecular weight excluding hydrogens is 328 g/mol. The number of hydrogen-bond donors (Lipinski definition) is 1. The van der Waals surface area contributed by atoms with Gasteiger partial charge in [-0.3, -0.25) is 19.9 Å². The van der Waals surface area contributed by atoms with E-state index in [0.717, 1.165) is 11.1 Å². The van der Waals surface area contributed by atoms with Gasteiger partial charge in [0, 0.05) is 12.3 Å². The number of benzene rings is 1. The highest BCUT2D eigenvalue weighted by Crippen LogP contribution is 2.27. The molecule has 1 heterocycles. The summed E-state index contributed by atoms with van der Waals surface area (Å²) in [6, 6.07) is 2.87. The van der Waals surface area contributed by atoms with Crippen molar-refractivity contribution in [3.8, 4) is 0 Å². The Bertz CT molecular complexity index is 833. The van der Waals surface area contributed by atoms with Crippen molar-refractivity contribution in [2.45, 2.75) is 20.8 Å². The average Bonchev–Trinajstić information content (AvgIpc) is 2.56. The topological polar surface area (TPSA) is 124 Å². The Morgan fingerprint density at radius 2 is 1.84 bits per heavy atom. The van der Waals surface area contributed by atoms with Crippen LogP contribution in [0.5, 0.6) is 0 Å². The maximum atomic E-state index is 11.9. The third-order valence-corrected chi connectivity index (χ3v) is 3.41. The number of aryl methyl sites for hydroxylation is 3. The van der Waals surface area contributed by atoms with Gasteiger partial charge in [-0.05, 0) is 38.0 Å². The van der Waals surface area contributed by atoms with E-state index < -0.39 is 23.4 Å². The minimum Gasteiger partial charge on any atom is -0.451 e. The van der Waals surface area contributed by atoms with Crippen LogP contribution < -0.4 is 5.32 Å². The lowest BCUT2D eigenvalue weighted by atomic mass is 10.1. The van der Waals surface area contributed by atoms with E-state index in [1.165, 1.54) is 24.5 Å². The molecule has 2 rings (SSSR count). The predicted octanol–water partition coefficient (Wildman–Crippen LogP) is 2.11. The molecule has 0 fully saturated rings. The van der Waals surface area contributed by atoms with Crippen molar-refractivity contribution in [2.75, 3.05) is 11.9 Å². The van der Waals surface area contributed by atoms with Gasteiger partial charge in [-0.25, -0.2) is 9.78 Å². The Balaban J connectivity index is 2.03. The Hall–Kier alpha value is -3.36. The highest BCUT2D eigenvalue weighted by Gasteiger charge is 2.19. The van der Waals surface area contributed by atoms with Crippen LogP contribution in [-0.4, -0.2) is 33.4 Å². The van der Waals surface area contributed by atoms with E-state index >= 15 is 0 Å². The first kappa shape index (κ1) is 18.0. The third kappa shape index (κ3) is 4.56. The summed E-state index contributed by atoms with van der Waals surface area (Å²) in [4.78, 5) is 42.0. The van der Waals surface area contributed by atoms with Crippen LogP contribution in [0.2, 0.25) is 0 Å². The number of hydrogen-bond acceptors (Lipinski definition) is 7. The van der Waals surface area contributed by atoms with Crippen LogP contribution in [0.4, 0.5) is 11.4 Å². The lowest BCUT2D eigenvalue weighted by molar-refractivity contribution is -0.384. The summed E-state index contributed by atoms with van der Waals surface area (Å²) in [5.41, 5.74) is 1.94. The number of nitro groups is 1. The quantitative estimate of drug-likeness (QED) is 0.500. The zero-order chi connectivity index (χ0) is 18.6. The molecular formula is C16H16N4O5. The number of nitrogens with zero attached hydrogens (tertiary/aromatic N) is 3. The highest BCUT2D eigenvalue weighted by molar-refractivity contribution is 5.96. The third-order valence-electron chi connectivity index (χ3n) is 3.41. The molecule has 0 saturated carbocycles. The Morgan fingerprint density at radius 1 is 1.16 bits per heavy atom. The van der Waals surface area contributed by atoms with Crippen LogP contribution in [0.25, 0.3) is 0 Å². The molecule has 1 aromatic heterocycles. The summed E-state index contributed by atoms with van der Waals surface area (Å²) in [7, 11) is 0. The van der Waals surface area contributed by atoms with Crippen LogP contribution in [0.1, 0.15) is 27.3 Å². The van der Waals surface area contributed by atoms with Crippen LogP contribution in [0.15, 0.2) is 24.5 Å². The summed E-state index contributed by atoms with van der Waals surface area (Å²) in [6.45, 7) is 4.62. The van der Waals surface area contributed by atoms with E-state index in [1.807, 2.05) is 0 Å². The van der Waals surface area contributed by atoms with Crippen molar-refractivity contribution < 1.29 is 19.2 Å². The van der Waals surface area contributed by atoms with Crippen LogP contribution in [0.3, 0.4) is 0 Å². The standard InChI is InChI=1S/C16H16N4O5/c1-9-4-12(14(20(23)24)5-10(9)2)19-15(21)8-25-16(22)13-7-17-11(3)6-18-13/h4-7H,8H2,1-3H3,(H,19,21). The van der Waals surface area contributed by atoms with Gasteiger partial charge in [0.05, 0.1) is 16.8 Å². The average molecular weight is 344 g/mol. The molecule has 0 unspecified atom stereocenters. The second-order valence-corrected chi connectivity index (χ2v) is 5.38. The monoisotopic (exact) mass is 344 g/mol. The lowest BCUT2D eigenvalue weighted by Crippen LogP contribution is -2.22. The van der Waals surface area contributed by atoms with Crippen molar-refractivity contribution in [2.24, 2.45) is 0 Å². The van der Waals surface area contributed by atoms with Crippen molar-refractivity contribution in [1.82, 2.24) is 9.97 Å². The van der Waals surface area contributed by atoms with Crippen LogP contribution >= 0.6 is 0 Å². The fourth-order valence-corrected chi connectivity index (χ4v) is 1.94. The molecule has 0 radical (unpaired) electrons. The second kappa shape index (κ2) is 7.47. The normalized spacial score (nSPS) is 10.2. The number of ether oxygens (including phenoxy) is 1. The van der Waals surface area contributed by atoms with E-state index in [9.17, 15) is 19.7 Å². The van der Waals surface area contributed by atoms with Gasteiger partial charge in [-0.15, -0.1) is 0 Å². The van der Waals surface area contributed by atoms with Gasteiger partial charge in [-0.2, -0.15) is 0 Å². The lowest BCUT2D eigenvalue weighted by Gasteiger charge is -2.09. The molecule has 9 nitrogen and oxygen atoms in total. The summed E-state index contributed by atoms with van der Waals surface area (Å²) < 4.78 is 4.83. The van der Waals surface area contributed by atoms with Crippen molar-refractivity contribution in [1.29, 1.82) is 0 Å². The number of rotatable bonds is 5. The molecule has 0 aliphatic rings. The van der Waals surface area contributed by atoms with E-state index in [0.29, 0.717) is 5.69 Å². The number of amides is 1. The fraction of sp³-hybridized carbons (Fsp3) is 0.250. The molecule has 25 heavy (non-hydrogen) atoms. The van der Waals surface area contributed by atoms with Gasteiger partial charge < -0.3 is 10.1 Å². The van der Waals surface area contributed by atoms with Crippen LogP contribution in [0, 0.1) is 30.9 Å². The molecule has 130 valence electrons. The summed E-state index contributed by atoms with van der Waals surface area (Å²) in [6.07, 6.45) is 2.64. The predicted molar refractivity (Wildman–Crippen MR) is 88.3 cm³/mol. The molecule has 1 amide bonds. The molecule has 9 heteroatoms. The molecule has 1 aromatic carbocycles. The van der Waals surface area contributed by atoms with Gasteiger partial charge in [0.25, 0.3) is 11.6 Å². The largest absolute Gasteiger partial charge is 0.451 e. The molecule has 0 saturated heterocycles. The van der Waals surface area contributed by atoms with Gasteiger partial charge in [-0.1, -0.05) is 0 Å². The van der Waals surface area contributed by atoms with Crippen molar-refractivity contribution >= 4 is 23.3 Å². The van der Waals surface area contributed by atoms with Crippen LogP contribution in [-0.2, 0) is 9.53 Å². The van der Waals surface area contributed by atoms with Crippen molar-refractivity contribution in [3.63, 3.8) is 0 Å². The van der Waals surface area contributed by atoms with Gasteiger partial charge in [0.2, 0.25) is 0 Å². The molecule has 0 atom stereocenters. The zero-order valence-electron chi connectivity index (χ0n) is 13.9. The van der Waals surface area contributed by atoms with E-state index in [1.54, 1.807) is 20.8 Å².